The van der Waals surface area contributed by atoms with Crippen molar-refractivity contribution in [3.8, 4) is 62.1 Å². The molecule has 0 radical (unpaired) electrons. The van der Waals surface area contributed by atoms with Crippen LogP contribution in [0.5, 0.6) is 23.0 Å². The molecule has 3 heterocycles. The lowest BCUT2D eigenvalue weighted by Crippen LogP contribution is -2.57. The minimum Gasteiger partial charge on any atom is -0.458 e. The van der Waals surface area contributed by atoms with Crippen molar-refractivity contribution in [3.05, 3.63) is 216 Å². The van der Waals surface area contributed by atoms with Crippen molar-refractivity contribution in [3.63, 3.8) is 0 Å². The number of hydrogen-bond acceptors (Lipinski definition) is 2. The topological polar surface area (TPSA) is 23.4 Å². The Hall–Kier alpha value is -7.56. The molecule has 9 aromatic carbocycles. The van der Waals surface area contributed by atoms with Gasteiger partial charge >= 0.3 is 0 Å². The maximum Gasteiger partial charge on any atom is 0.260 e. The van der Waals surface area contributed by atoms with E-state index >= 15 is 0 Å². The molecule has 0 saturated carbocycles. The fourth-order valence-electron chi connectivity index (χ4n) is 11.2. The molecule has 4 aliphatic rings. The lowest BCUT2D eigenvalue weighted by atomic mass is 9.35. The van der Waals surface area contributed by atoms with Crippen LogP contribution in [-0.4, -0.2) is 11.3 Å². The van der Waals surface area contributed by atoms with Gasteiger partial charge in [-0.2, -0.15) is 0 Å². The number of benzene rings is 9. The molecule has 2 aliphatic heterocycles. The van der Waals surface area contributed by atoms with E-state index < -0.39 is 5.41 Å². The van der Waals surface area contributed by atoms with Gasteiger partial charge in [-0.15, -0.1) is 0 Å². The smallest absolute Gasteiger partial charge is 0.260 e. The van der Waals surface area contributed by atoms with Crippen LogP contribution in [0.4, 0.5) is 0 Å². The molecule has 0 fully saturated rings. The Bertz CT molecular complexity index is 3430. The Balaban J connectivity index is 1.04. The lowest BCUT2D eigenvalue weighted by Gasteiger charge is -2.33. The van der Waals surface area contributed by atoms with Gasteiger partial charge in [0.2, 0.25) is 0 Å². The number of fused-ring (bicyclic) bond motifs is 17. The zero-order valence-electron chi connectivity index (χ0n) is 31.8. The molecule has 59 heavy (non-hydrogen) atoms. The van der Waals surface area contributed by atoms with Crippen molar-refractivity contribution in [2.75, 3.05) is 0 Å². The van der Waals surface area contributed by atoms with Crippen molar-refractivity contribution in [1.82, 2.24) is 4.57 Å². The van der Waals surface area contributed by atoms with E-state index in [1.165, 1.54) is 55.3 Å². The average Bonchev–Trinajstić information content (AvgIpc) is 3.89. The highest BCUT2D eigenvalue weighted by atomic mass is 16.5. The molecule has 2 aliphatic carbocycles. The van der Waals surface area contributed by atoms with Gasteiger partial charge in [0.05, 0.1) is 22.1 Å². The van der Waals surface area contributed by atoms with E-state index in [0.29, 0.717) is 0 Å². The molecular weight excluding hydrogens is 717 g/mol. The van der Waals surface area contributed by atoms with Crippen LogP contribution in [0.1, 0.15) is 22.3 Å². The van der Waals surface area contributed by atoms with Gasteiger partial charge in [0, 0.05) is 28.4 Å². The molecule has 1 aromatic heterocycles. The lowest BCUT2D eigenvalue weighted by molar-refractivity contribution is 0.464. The summed E-state index contributed by atoms with van der Waals surface area (Å²) in [6.07, 6.45) is 0. The van der Waals surface area contributed by atoms with E-state index in [4.69, 9.17) is 9.47 Å². The first-order valence-corrected chi connectivity index (χ1v) is 20.4. The molecule has 10 aromatic rings. The highest BCUT2D eigenvalue weighted by Gasteiger charge is 2.52. The third-order valence-corrected chi connectivity index (χ3v) is 13.5. The molecule has 0 unspecified atom stereocenters. The van der Waals surface area contributed by atoms with E-state index in [0.717, 1.165) is 67.2 Å². The van der Waals surface area contributed by atoms with Gasteiger partial charge < -0.3 is 14.0 Å². The summed E-state index contributed by atoms with van der Waals surface area (Å²) < 4.78 is 16.3. The molecule has 272 valence electrons. The van der Waals surface area contributed by atoms with Crippen molar-refractivity contribution in [2.45, 2.75) is 5.41 Å². The quantitative estimate of drug-likeness (QED) is 0.164. The monoisotopic (exact) mass is 749 g/mol. The summed E-state index contributed by atoms with van der Waals surface area (Å²) in [5.41, 5.74) is 19.1. The molecule has 0 saturated heterocycles. The third-order valence-electron chi connectivity index (χ3n) is 13.5. The van der Waals surface area contributed by atoms with Crippen LogP contribution in [-0.2, 0) is 5.41 Å². The van der Waals surface area contributed by atoms with Crippen LogP contribution < -0.4 is 25.9 Å². The van der Waals surface area contributed by atoms with E-state index in [2.05, 4.69) is 199 Å². The van der Waals surface area contributed by atoms with Crippen molar-refractivity contribution < 1.29 is 9.47 Å². The molecule has 4 heteroatoms. The minimum absolute atomic E-state index is 0.0186. The molecule has 1 spiro atoms. The normalized spacial score (nSPS) is 14.1. The fourth-order valence-corrected chi connectivity index (χ4v) is 11.2. The minimum atomic E-state index is -0.445. The van der Waals surface area contributed by atoms with Gasteiger partial charge in [-0.3, -0.25) is 0 Å². The number of nitrogens with zero attached hydrogens (tertiary/aromatic N) is 1. The SMILES string of the molecule is c1ccc(-c2ccc3c(c2)Oc2cc(-n4c5ccccc5c5cc6c(cc54)C4(c5ccccc5-c5ccccc54)c4ccccc4-6)cc4c2B3c2ccccc2O4)cc1. The van der Waals surface area contributed by atoms with Crippen molar-refractivity contribution in [2.24, 2.45) is 0 Å². The number of para-hydroxylation sites is 2. The predicted molar refractivity (Wildman–Crippen MR) is 240 cm³/mol. The van der Waals surface area contributed by atoms with Crippen LogP contribution in [0.3, 0.4) is 0 Å². The molecule has 0 atom stereocenters. The average molecular weight is 750 g/mol. The number of ether oxygens (including phenoxy) is 2. The second-order valence-corrected chi connectivity index (χ2v) is 16.3. The van der Waals surface area contributed by atoms with Crippen LogP contribution in [0.15, 0.2) is 194 Å². The zero-order chi connectivity index (χ0) is 38.4. The summed E-state index contributed by atoms with van der Waals surface area (Å²) in [7, 11) is 0. The molecule has 14 rings (SSSR count). The number of rotatable bonds is 2. The molecule has 3 nitrogen and oxygen atoms in total. The van der Waals surface area contributed by atoms with E-state index in [1.807, 2.05) is 0 Å². The van der Waals surface area contributed by atoms with Crippen molar-refractivity contribution >= 4 is 44.9 Å². The first-order chi connectivity index (χ1) is 29.3. The summed E-state index contributed by atoms with van der Waals surface area (Å²) >= 11 is 0. The standard InChI is InChI=1S/C55H32BNO2/c1-2-14-33(15-3-1)34-26-27-47-51(28-34)59-53-30-35(29-52-54(53)56(47)46-23-11-13-25-50(46)58-52)57-48-24-12-7-19-39(48)41-31-40-38-18-6-10-22-44(38)55(45(40)32-49(41)57)42-20-8-4-16-36(42)37-17-5-9-21-43(37)55/h1-32H. The Morgan fingerprint density at radius 2 is 0.966 bits per heavy atom. The Labute approximate surface area is 341 Å². The maximum atomic E-state index is 7.04. The van der Waals surface area contributed by atoms with Crippen molar-refractivity contribution in [1.29, 1.82) is 0 Å². The molecule has 0 amide bonds. The van der Waals surface area contributed by atoms with Gasteiger partial charge in [-0.25, -0.2) is 0 Å². The summed E-state index contributed by atoms with van der Waals surface area (Å²) in [5.74, 6) is 3.41. The fraction of sp³-hybridized carbons (Fsp3) is 0.0182. The van der Waals surface area contributed by atoms with Gasteiger partial charge in [-0.05, 0) is 96.9 Å². The summed E-state index contributed by atoms with van der Waals surface area (Å²) in [6, 6.07) is 71.0. The summed E-state index contributed by atoms with van der Waals surface area (Å²) in [5, 5.41) is 2.44. The van der Waals surface area contributed by atoms with Gasteiger partial charge in [0.25, 0.3) is 6.71 Å². The van der Waals surface area contributed by atoms with Gasteiger partial charge in [0.15, 0.2) is 0 Å². The number of aromatic nitrogens is 1. The summed E-state index contributed by atoms with van der Waals surface area (Å²) in [6.45, 7) is -0.0186. The Kier molecular flexibility index (Phi) is 6.04. The van der Waals surface area contributed by atoms with Crippen LogP contribution in [0.25, 0.3) is 60.9 Å². The number of hydrogen-bond donors (Lipinski definition) is 0. The van der Waals surface area contributed by atoms with Gasteiger partial charge in [0.1, 0.15) is 23.0 Å². The third kappa shape index (κ3) is 3.98. The molecular formula is C55H32BNO2. The second-order valence-electron chi connectivity index (χ2n) is 16.3. The van der Waals surface area contributed by atoms with Crippen LogP contribution in [0.2, 0.25) is 0 Å². The van der Waals surface area contributed by atoms with E-state index in [9.17, 15) is 0 Å². The first kappa shape index (κ1) is 31.5. The largest absolute Gasteiger partial charge is 0.458 e. The Morgan fingerprint density at radius 1 is 0.373 bits per heavy atom. The maximum absolute atomic E-state index is 7.04. The van der Waals surface area contributed by atoms with Gasteiger partial charge in [-0.1, -0.05) is 152 Å². The zero-order valence-corrected chi connectivity index (χ0v) is 31.8. The summed E-state index contributed by atoms with van der Waals surface area (Å²) in [4.78, 5) is 0. The van der Waals surface area contributed by atoms with Crippen LogP contribution >= 0.6 is 0 Å². The van der Waals surface area contributed by atoms with E-state index in [-0.39, 0.29) is 6.71 Å². The first-order valence-electron chi connectivity index (χ1n) is 20.4. The second kappa shape index (κ2) is 11.3. The highest BCUT2D eigenvalue weighted by molar-refractivity contribution is 6.98. The van der Waals surface area contributed by atoms with Crippen LogP contribution in [0, 0.1) is 0 Å². The molecule has 0 N–H and O–H groups in total. The molecule has 0 bridgehead atoms. The Morgan fingerprint density at radius 3 is 1.71 bits per heavy atom. The van der Waals surface area contributed by atoms with E-state index in [1.54, 1.807) is 0 Å². The predicted octanol–water partition coefficient (Wildman–Crippen LogP) is 11.5. The highest BCUT2D eigenvalue weighted by Crippen LogP contribution is 2.63.